The highest BCUT2D eigenvalue weighted by Gasteiger charge is 2.47. The van der Waals surface area contributed by atoms with Crippen LogP contribution < -0.4 is 4.74 Å². The number of esters is 1. The van der Waals surface area contributed by atoms with Gasteiger partial charge in [-0.05, 0) is 109 Å². The van der Waals surface area contributed by atoms with Crippen LogP contribution in [0.3, 0.4) is 0 Å². The topological polar surface area (TPSA) is 52.6 Å². The van der Waals surface area contributed by atoms with E-state index in [1.165, 1.54) is 0 Å². The fraction of sp³-hybridized carbons (Fsp3) is 0.297. The van der Waals surface area contributed by atoms with Crippen molar-refractivity contribution in [1.82, 2.24) is 0 Å². The molecule has 5 rings (SSSR count). The Morgan fingerprint density at radius 1 is 0.744 bits per heavy atom. The molecule has 6 heteroatoms. The third-order valence-corrected chi connectivity index (χ3v) is 9.26. The predicted octanol–water partition coefficient (Wildman–Crippen LogP) is 10.2. The van der Waals surface area contributed by atoms with Crippen LogP contribution in [0, 0.1) is 6.92 Å². The zero-order chi connectivity index (χ0) is 30.7. The van der Waals surface area contributed by atoms with Crippen molar-refractivity contribution >= 4 is 43.6 Å². The largest absolute Gasteiger partial charge is 0.493 e. The van der Waals surface area contributed by atoms with Gasteiger partial charge in [0, 0.05) is 14.5 Å². The number of hydrogen-bond donors (Lipinski definition) is 0. The van der Waals surface area contributed by atoms with E-state index >= 15 is 0 Å². The van der Waals surface area contributed by atoms with Gasteiger partial charge in [-0.3, -0.25) is 4.79 Å². The van der Waals surface area contributed by atoms with E-state index in [0.29, 0.717) is 23.5 Å². The van der Waals surface area contributed by atoms with Crippen LogP contribution in [-0.4, -0.2) is 25.0 Å². The molecule has 0 N–H and O–H groups in total. The molecular weight excluding hydrogens is 668 g/mol. The number of ketones is 1. The van der Waals surface area contributed by atoms with Crippen LogP contribution >= 0.6 is 31.9 Å². The van der Waals surface area contributed by atoms with Crippen molar-refractivity contribution < 1.29 is 19.1 Å². The monoisotopic (exact) mass is 702 g/mol. The smallest absolute Gasteiger partial charge is 0.341 e. The van der Waals surface area contributed by atoms with Crippen molar-refractivity contribution in [2.24, 2.45) is 0 Å². The minimum absolute atomic E-state index is 0.00969. The number of ether oxygens (including phenoxy) is 2. The van der Waals surface area contributed by atoms with Crippen molar-refractivity contribution in [2.45, 2.75) is 58.8 Å². The average molecular weight is 704 g/mol. The number of aryl methyl sites for hydroxylation is 1. The van der Waals surface area contributed by atoms with E-state index < -0.39 is 11.4 Å². The van der Waals surface area contributed by atoms with E-state index in [1.54, 1.807) is 6.92 Å². The molecular formula is C37H36Br2O4. The molecule has 0 fully saturated rings. The maximum absolute atomic E-state index is 13.4. The van der Waals surface area contributed by atoms with Gasteiger partial charge in [0.15, 0.2) is 5.78 Å². The number of carbonyl (C=O) groups excluding carboxylic acids is 2. The van der Waals surface area contributed by atoms with Gasteiger partial charge >= 0.3 is 5.97 Å². The maximum Gasteiger partial charge on any atom is 0.341 e. The molecule has 0 aromatic heterocycles. The zero-order valence-electron chi connectivity index (χ0n) is 25.1. The van der Waals surface area contributed by atoms with E-state index in [4.69, 9.17) is 9.47 Å². The normalized spacial score (nSPS) is 12.9. The molecule has 0 aliphatic heterocycles. The van der Waals surface area contributed by atoms with Crippen LogP contribution in [0.1, 0.15) is 95.0 Å². The van der Waals surface area contributed by atoms with Gasteiger partial charge < -0.3 is 9.47 Å². The summed E-state index contributed by atoms with van der Waals surface area (Å²) in [6.07, 6.45) is 4.29. The van der Waals surface area contributed by atoms with Crippen LogP contribution in [0.5, 0.6) is 5.75 Å². The first-order valence-electron chi connectivity index (χ1n) is 14.9. The molecule has 222 valence electrons. The van der Waals surface area contributed by atoms with Gasteiger partial charge in [-0.25, -0.2) is 4.79 Å². The van der Waals surface area contributed by atoms with Gasteiger partial charge in [0.25, 0.3) is 0 Å². The lowest BCUT2D eigenvalue weighted by Crippen LogP contribution is -2.29. The summed E-state index contributed by atoms with van der Waals surface area (Å²) in [5.74, 6) is 0.109. The summed E-state index contributed by atoms with van der Waals surface area (Å²) in [7, 11) is 0. The third kappa shape index (κ3) is 5.84. The standard InChI is InChI=1S/C37H36Br2O4/c1-5-7-8-9-18-43-35-17-12-26(20-32(35)36(41)42-6-2)37(25-11-10-23(3)31(19-25)24(4)40)33-21-27(38)13-15-29(33)30-16-14-28(39)22-34(30)37/h10-17,19-22H,5-9,18H2,1-4H3. The molecule has 0 saturated carbocycles. The third-order valence-electron chi connectivity index (χ3n) is 8.27. The minimum Gasteiger partial charge on any atom is -0.493 e. The number of unbranched alkanes of at least 4 members (excludes halogenated alkanes) is 3. The first-order chi connectivity index (χ1) is 20.7. The van der Waals surface area contributed by atoms with Crippen LogP contribution in [0.25, 0.3) is 11.1 Å². The molecule has 4 aromatic rings. The lowest BCUT2D eigenvalue weighted by Gasteiger charge is -2.35. The zero-order valence-corrected chi connectivity index (χ0v) is 28.2. The van der Waals surface area contributed by atoms with Crippen LogP contribution in [0.2, 0.25) is 0 Å². The number of carbonyl (C=O) groups is 2. The van der Waals surface area contributed by atoms with Gasteiger partial charge in [-0.2, -0.15) is 0 Å². The Morgan fingerprint density at radius 2 is 1.35 bits per heavy atom. The fourth-order valence-corrected chi connectivity index (χ4v) is 6.98. The lowest BCUT2D eigenvalue weighted by molar-refractivity contribution is 0.0521. The molecule has 0 radical (unpaired) electrons. The summed E-state index contributed by atoms with van der Waals surface area (Å²) in [6, 6.07) is 24.7. The number of halogens is 2. The summed E-state index contributed by atoms with van der Waals surface area (Å²) in [5.41, 5.74) is 7.35. The Morgan fingerprint density at radius 3 is 1.93 bits per heavy atom. The Kier molecular flexibility index (Phi) is 9.57. The summed E-state index contributed by atoms with van der Waals surface area (Å²) in [5, 5.41) is 0. The van der Waals surface area contributed by atoms with E-state index in [2.05, 4.69) is 87.3 Å². The molecule has 0 amide bonds. The minimum atomic E-state index is -0.822. The second-order valence-corrected chi connectivity index (χ2v) is 12.9. The maximum atomic E-state index is 13.4. The van der Waals surface area contributed by atoms with Gasteiger partial charge in [-0.15, -0.1) is 0 Å². The van der Waals surface area contributed by atoms with E-state index in [-0.39, 0.29) is 12.4 Å². The molecule has 0 saturated heterocycles. The molecule has 0 spiro atoms. The van der Waals surface area contributed by atoms with Crippen LogP contribution in [0.15, 0.2) is 81.7 Å². The Bertz CT molecular complexity index is 1640. The van der Waals surface area contributed by atoms with E-state index in [9.17, 15) is 9.59 Å². The Hall–Kier alpha value is -3.22. The molecule has 1 aliphatic carbocycles. The first-order valence-corrected chi connectivity index (χ1v) is 16.5. The van der Waals surface area contributed by atoms with E-state index in [1.807, 2.05) is 38.1 Å². The van der Waals surface area contributed by atoms with Crippen molar-refractivity contribution in [3.63, 3.8) is 0 Å². The molecule has 0 atom stereocenters. The highest BCUT2D eigenvalue weighted by atomic mass is 79.9. The molecule has 4 aromatic carbocycles. The quantitative estimate of drug-likeness (QED) is 0.0781. The number of hydrogen-bond acceptors (Lipinski definition) is 4. The Balaban J connectivity index is 1.81. The van der Waals surface area contributed by atoms with Crippen molar-refractivity contribution in [3.8, 4) is 16.9 Å². The highest BCUT2D eigenvalue weighted by Crippen LogP contribution is 2.57. The second kappa shape index (κ2) is 13.2. The Labute approximate surface area is 271 Å². The molecule has 4 nitrogen and oxygen atoms in total. The molecule has 43 heavy (non-hydrogen) atoms. The van der Waals surface area contributed by atoms with Gasteiger partial charge in [-0.1, -0.05) is 88.4 Å². The summed E-state index contributed by atoms with van der Waals surface area (Å²) in [4.78, 5) is 26.2. The second-order valence-electron chi connectivity index (χ2n) is 11.1. The van der Waals surface area contributed by atoms with Crippen molar-refractivity contribution in [3.05, 3.63) is 121 Å². The molecule has 0 bridgehead atoms. The van der Waals surface area contributed by atoms with Gasteiger partial charge in [0.1, 0.15) is 11.3 Å². The molecule has 0 unspecified atom stereocenters. The number of fused-ring (bicyclic) bond motifs is 3. The van der Waals surface area contributed by atoms with Gasteiger partial charge in [0.2, 0.25) is 0 Å². The molecule has 0 heterocycles. The van der Waals surface area contributed by atoms with Crippen LogP contribution in [-0.2, 0) is 10.2 Å². The van der Waals surface area contributed by atoms with Crippen molar-refractivity contribution in [2.75, 3.05) is 13.2 Å². The van der Waals surface area contributed by atoms with E-state index in [0.717, 1.165) is 73.6 Å². The summed E-state index contributed by atoms with van der Waals surface area (Å²) in [6.45, 7) is 8.34. The fourth-order valence-electron chi connectivity index (χ4n) is 6.26. The number of benzene rings is 4. The number of rotatable bonds is 11. The van der Waals surface area contributed by atoms with Gasteiger partial charge in [0.05, 0.1) is 18.6 Å². The van der Waals surface area contributed by atoms with Crippen LogP contribution in [0.4, 0.5) is 0 Å². The summed E-state index contributed by atoms with van der Waals surface area (Å²) >= 11 is 7.46. The van der Waals surface area contributed by atoms with Crippen molar-refractivity contribution in [1.29, 1.82) is 0 Å². The lowest BCUT2D eigenvalue weighted by atomic mass is 9.67. The average Bonchev–Trinajstić information content (AvgIpc) is 3.26. The highest BCUT2D eigenvalue weighted by molar-refractivity contribution is 9.10. The molecule has 1 aliphatic rings. The number of Topliss-reactive ketones (excluding diaryl/α,β-unsaturated/α-hetero) is 1. The predicted molar refractivity (Wildman–Crippen MR) is 179 cm³/mol. The SMILES string of the molecule is CCCCCCOc1ccc(C2(c3ccc(C)c(C(C)=O)c3)c3cc(Br)ccc3-c3ccc(Br)cc32)cc1C(=O)OCC. The first kappa shape index (κ1) is 31.2. The summed E-state index contributed by atoms with van der Waals surface area (Å²) < 4.78 is 13.6.